The molecule has 0 aliphatic rings. The van der Waals surface area contributed by atoms with Crippen molar-refractivity contribution < 1.29 is 9.47 Å². The molecule has 0 aliphatic heterocycles. The lowest BCUT2D eigenvalue weighted by Gasteiger charge is -2.10. The highest BCUT2D eigenvalue weighted by Gasteiger charge is 2.07. The third kappa shape index (κ3) is 4.27. The molecule has 0 bridgehead atoms. The van der Waals surface area contributed by atoms with Crippen LogP contribution in [-0.2, 0) is 18.0 Å². The van der Waals surface area contributed by atoms with Gasteiger partial charge in [-0.3, -0.25) is 0 Å². The Morgan fingerprint density at radius 2 is 1.95 bits per heavy atom. The summed E-state index contributed by atoms with van der Waals surface area (Å²) in [5.74, 6) is 0.678. The molecule has 0 amide bonds. The Hall–Kier alpha value is -1.43. The number of hydrogen-bond donors (Lipinski definition) is 1. The van der Waals surface area contributed by atoms with Gasteiger partial charge >= 0.3 is 0 Å². The summed E-state index contributed by atoms with van der Waals surface area (Å²) in [4.78, 5) is 0.319. The first-order valence-electron chi connectivity index (χ1n) is 6.39. The number of nitrogens with two attached hydrogens (primary N) is 1. The summed E-state index contributed by atoms with van der Waals surface area (Å²) in [6.07, 6.45) is 0. The number of halogens is 1. The first-order valence-corrected chi connectivity index (χ1v) is 7.60. The number of thiocarbonyl (C=S) groups is 1. The third-order valence-electron chi connectivity index (χ3n) is 3.01. The van der Waals surface area contributed by atoms with Crippen molar-refractivity contribution in [3.8, 4) is 5.75 Å². The van der Waals surface area contributed by atoms with E-state index in [0.29, 0.717) is 24.0 Å². The smallest absolute Gasteiger partial charge is 0.129 e. The molecule has 2 N–H and O–H groups in total. The van der Waals surface area contributed by atoms with E-state index in [0.717, 1.165) is 21.2 Å². The highest BCUT2D eigenvalue weighted by atomic mass is 79.9. The van der Waals surface area contributed by atoms with Crippen molar-refractivity contribution in [1.29, 1.82) is 0 Å². The van der Waals surface area contributed by atoms with Crippen LogP contribution in [0.15, 0.2) is 46.9 Å². The molecule has 2 aromatic carbocycles. The summed E-state index contributed by atoms with van der Waals surface area (Å²) in [7, 11) is 1.60. The Morgan fingerprint density at radius 3 is 2.62 bits per heavy atom. The van der Waals surface area contributed by atoms with E-state index in [1.165, 1.54) is 0 Å². The van der Waals surface area contributed by atoms with Crippen molar-refractivity contribution in [2.75, 3.05) is 7.11 Å². The van der Waals surface area contributed by atoms with Crippen LogP contribution in [0.4, 0.5) is 0 Å². The van der Waals surface area contributed by atoms with E-state index >= 15 is 0 Å². The molecule has 110 valence electrons. The van der Waals surface area contributed by atoms with E-state index in [1.807, 2.05) is 42.5 Å². The van der Waals surface area contributed by atoms with Gasteiger partial charge in [-0.05, 0) is 29.3 Å². The van der Waals surface area contributed by atoms with Gasteiger partial charge in [-0.25, -0.2) is 0 Å². The molecule has 2 rings (SSSR count). The molecule has 2 aromatic rings. The fourth-order valence-electron chi connectivity index (χ4n) is 1.93. The maximum Gasteiger partial charge on any atom is 0.129 e. The Morgan fingerprint density at radius 1 is 1.19 bits per heavy atom. The Bertz CT molecular complexity index is 646. The van der Waals surface area contributed by atoms with Crippen molar-refractivity contribution in [3.05, 3.63) is 63.6 Å². The quantitative estimate of drug-likeness (QED) is 0.790. The maximum atomic E-state index is 5.74. The van der Waals surface area contributed by atoms with E-state index in [1.54, 1.807) is 7.11 Å². The zero-order valence-electron chi connectivity index (χ0n) is 11.6. The molecular formula is C16H16BrNO2S. The van der Waals surface area contributed by atoms with Gasteiger partial charge in [-0.15, -0.1) is 0 Å². The second-order valence-electron chi connectivity index (χ2n) is 4.48. The average Bonchev–Trinajstić information content (AvgIpc) is 2.49. The molecular weight excluding hydrogens is 350 g/mol. The minimum absolute atomic E-state index is 0.319. The fraction of sp³-hybridized carbons (Fsp3) is 0.188. The van der Waals surface area contributed by atoms with Gasteiger partial charge in [0.1, 0.15) is 10.7 Å². The van der Waals surface area contributed by atoms with E-state index in [-0.39, 0.29) is 0 Å². The summed E-state index contributed by atoms with van der Waals surface area (Å²) in [6.45, 7) is 1.02. The summed E-state index contributed by atoms with van der Waals surface area (Å²) in [6, 6.07) is 13.7. The number of methoxy groups -OCH3 is 1. The minimum atomic E-state index is 0.319. The summed E-state index contributed by atoms with van der Waals surface area (Å²) in [5.41, 5.74) is 8.55. The van der Waals surface area contributed by atoms with Gasteiger partial charge in [0.15, 0.2) is 0 Å². The monoisotopic (exact) mass is 365 g/mol. The van der Waals surface area contributed by atoms with Crippen LogP contribution in [0.25, 0.3) is 0 Å². The van der Waals surface area contributed by atoms with Crippen LogP contribution in [0.5, 0.6) is 5.75 Å². The summed E-state index contributed by atoms with van der Waals surface area (Å²) >= 11 is 8.53. The first kappa shape index (κ1) is 15.9. The molecule has 5 heteroatoms. The number of benzene rings is 2. The van der Waals surface area contributed by atoms with Crippen LogP contribution < -0.4 is 10.5 Å². The topological polar surface area (TPSA) is 44.5 Å². The van der Waals surface area contributed by atoms with Gasteiger partial charge in [-0.2, -0.15) is 0 Å². The van der Waals surface area contributed by atoms with Crippen LogP contribution >= 0.6 is 28.1 Å². The van der Waals surface area contributed by atoms with Crippen molar-refractivity contribution in [2.24, 2.45) is 5.73 Å². The van der Waals surface area contributed by atoms with Crippen LogP contribution in [0.1, 0.15) is 16.7 Å². The van der Waals surface area contributed by atoms with Crippen LogP contribution in [-0.4, -0.2) is 12.1 Å². The lowest BCUT2D eigenvalue weighted by atomic mass is 10.1. The predicted octanol–water partition coefficient (Wildman–Crippen LogP) is 3.81. The Kier molecular flexibility index (Phi) is 5.73. The van der Waals surface area contributed by atoms with Gasteiger partial charge in [0.2, 0.25) is 0 Å². The standard InChI is InChI=1S/C16H16BrNO2S/c1-19-15-7-6-11(8-13(15)16(18)21)9-20-10-12-4-2-3-5-14(12)17/h2-8H,9-10H2,1H3,(H2,18,21). The minimum Gasteiger partial charge on any atom is -0.496 e. The Balaban J connectivity index is 2.02. The number of rotatable bonds is 6. The number of hydrogen-bond acceptors (Lipinski definition) is 3. The van der Waals surface area contributed by atoms with Gasteiger partial charge in [0.25, 0.3) is 0 Å². The van der Waals surface area contributed by atoms with Gasteiger partial charge in [0.05, 0.1) is 25.9 Å². The van der Waals surface area contributed by atoms with Crippen LogP contribution in [0.3, 0.4) is 0 Å². The normalized spacial score (nSPS) is 10.4. The van der Waals surface area contributed by atoms with E-state index in [9.17, 15) is 0 Å². The Labute approximate surface area is 138 Å². The lowest BCUT2D eigenvalue weighted by Crippen LogP contribution is -2.11. The van der Waals surface area contributed by atoms with Crippen molar-refractivity contribution in [1.82, 2.24) is 0 Å². The molecule has 0 heterocycles. The molecule has 3 nitrogen and oxygen atoms in total. The molecule has 0 saturated carbocycles. The van der Waals surface area contributed by atoms with E-state index < -0.39 is 0 Å². The predicted molar refractivity (Wildman–Crippen MR) is 91.5 cm³/mol. The summed E-state index contributed by atoms with van der Waals surface area (Å²) < 4.78 is 12.0. The highest BCUT2D eigenvalue weighted by molar-refractivity contribution is 9.10. The molecule has 0 spiro atoms. The zero-order chi connectivity index (χ0) is 15.2. The molecule has 0 radical (unpaired) electrons. The van der Waals surface area contributed by atoms with Crippen molar-refractivity contribution in [2.45, 2.75) is 13.2 Å². The second-order valence-corrected chi connectivity index (χ2v) is 5.78. The largest absolute Gasteiger partial charge is 0.496 e. The first-order chi connectivity index (χ1) is 10.1. The molecule has 0 fully saturated rings. The third-order valence-corrected chi connectivity index (χ3v) is 4.01. The summed E-state index contributed by atoms with van der Waals surface area (Å²) in [5, 5.41) is 0. The highest BCUT2D eigenvalue weighted by Crippen LogP contribution is 2.21. The maximum absolute atomic E-state index is 5.74. The van der Waals surface area contributed by atoms with Crippen LogP contribution in [0.2, 0.25) is 0 Å². The SMILES string of the molecule is COc1ccc(COCc2ccccc2Br)cc1C(N)=S. The average molecular weight is 366 g/mol. The molecule has 0 atom stereocenters. The van der Waals surface area contributed by atoms with E-state index in [4.69, 9.17) is 27.4 Å². The lowest BCUT2D eigenvalue weighted by molar-refractivity contribution is 0.106. The molecule has 21 heavy (non-hydrogen) atoms. The number of ether oxygens (including phenoxy) is 2. The second kappa shape index (κ2) is 7.54. The molecule has 0 aliphatic carbocycles. The van der Waals surface area contributed by atoms with Gasteiger partial charge in [-0.1, -0.05) is 52.4 Å². The molecule has 0 unspecified atom stereocenters. The molecule has 0 aromatic heterocycles. The van der Waals surface area contributed by atoms with Crippen LogP contribution in [0, 0.1) is 0 Å². The fourth-order valence-corrected chi connectivity index (χ4v) is 2.49. The van der Waals surface area contributed by atoms with E-state index in [2.05, 4.69) is 15.9 Å². The van der Waals surface area contributed by atoms with Crippen molar-refractivity contribution >= 4 is 33.1 Å². The van der Waals surface area contributed by atoms with Crippen molar-refractivity contribution in [3.63, 3.8) is 0 Å². The zero-order valence-corrected chi connectivity index (χ0v) is 14.0. The van der Waals surface area contributed by atoms with Gasteiger partial charge < -0.3 is 15.2 Å². The molecule has 0 saturated heterocycles. The van der Waals surface area contributed by atoms with Gasteiger partial charge in [0, 0.05) is 4.47 Å².